The van der Waals surface area contributed by atoms with Crippen molar-refractivity contribution in [2.75, 3.05) is 42.0 Å². The molecule has 3 N–H and O–H groups in total. The Hall–Kier alpha value is -3.21. The lowest BCUT2D eigenvalue weighted by molar-refractivity contribution is -0.340. The number of aliphatic hydroxyl groups excluding tert-OH is 2. The van der Waals surface area contributed by atoms with Crippen molar-refractivity contribution in [3.05, 3.63) is 54.1 Å². The highest BCUT2D eigenvalue weighted by Crippen LogP contribution is 2.38. The van der Waals surface area contributed by atoms with Crippen LogP contribution in [-0.4, -0.2) is 184 Å². The molecule has 414 valence electrons. The van der Waals surface area contributed by atoms with Crippen LogP contribution in [0.3, 0.4) is 0 Å². The van der Waals surface area contributed by atoms with E-state index in [0.29, 0.717) is 31.4 Å². The van der Waals surface area contributed by atoms with Crippen LogP contribution in [0.25, 0.3) is 0 Å². The smallest absolute Gasteiger partial charge is 0.310 e. The molecule has 0 radical (unpaired) electrons. The average Bonchev–Trinajstić information content (AvgIpc) is 3.33. The van der Waals surface area contributed by atoms with Gasteiger partial charge in [-0.25, -0.2) is 0 Å². The molecule has 18 heteroatoms. The largest absolute Gasteiger partial charge is 0.497 e. The number of benzene rings is 1. The summed E-state index contributed by atoms with van der Waals surface area (Å²) in [6, 6.07) is 6.40. The number of aliphatic hydroxyl groups is 3. The standard InChI is InChI=1S/C55H87NO17/c1-14-42-39(30-66-54-51(65-13)50(64-12)47(60)34(5)69-54)17-15-16-18-41(58)32(3)27-38(23-24-57)43(26-31(2)25-33(4)67-42)71-53-48(61)46(56(9)10)49(35(6)70-53)73-45-29-55(8,62)52(36(7)68-45)72-44(59)28-37-19-21-40(63-11)22-20-37/h15-22,24,31-36,38-39,42-43,45-54,60-62H,14,23,25-30H2,1-13H3/b17-15+,18-16+. The number of allylic oxidation sites excluding steroid dienone is 3. The van der Waals surface area contributed by atoms with Gasteiger partial charge in [-0.05, 0) is 110 Å². The van der Waals surface area contributed by atoms with Crippen LogP contribution < -0.4 is 4.74 Å². The van der Waals surface area contributed by atoms with E-state index in [4.69, 9.17) is 52.1 Å². The van der Waals surface area contributed by atoms with Crippen LogP contribution in [0.1, 0.15) is 99.5 Å². The number of hydrogen-bond donors (Lipinski definition) is 3. The summed E-state index contributed by atoms with van der Waals surface area (Å²) in [6.45, 7) is 15.1. The van der Waals surface area contributed by atoms with Gasteiger partial charge < -0.3 is 77.1 Å². The summed E-state index contributed by atoms with van der Waals surface area (Å²) in [7, 11) is 8.25. The molecule has 73 heavy (non-hydrogen) atoms. The number of aldehydes is 1. The van der Waals surface area contributed by atoms with Crippen molar-refractivity contribution in [3.63, 3.8) is 0 Å². The highest BCUT2D eigenvalue weighted by atomic mass is 16.7. The number of likely N-dealkylation sites (N-methyl/N-ethyl adjacent to an activating group) is 1. The fourth-order valence-corrected chi connectivity index (χ4v) is 11.0. The van der Waals surface area contributed by atoms with Crippen LogP contribution in [0.5, 0.6) is 5.75 Å². The van der Waals surface area contributed by atoms with E-state index in [0.717, 1.165) is 11.8 Å². The number of hydrogen-bond acceptors (Lipinski definition) is 18. The van der Waals surface area contributed by atoms with E-state index in [-0.39, 0.29) is 55.7 Å². The zero-order valence-electron chi connectivity index (χ0n) is 45.4. The Morgan fingerprint density at radius 3 is 2.14 bits per heavy atom. The third-order valence-corrected chi connectivity index (χ3v) is 15.0. The van der Waals surface area contributed by atoms with Crippen molar-refractivity contribution in [2.24, 2.45) is 23.7 Å². The summed E-state index contributed by atoms with van der Waals surface area (Å²) in [6.07, 6.45) is -1.14. The van der Waals surface area contributed by atoms with E-state index >= 15 is 0 Å². The second kappa shape index (κ2) is 28.2. The number of esters is 1. The van der Waals surface area contributed by atoms with E-state index in [9.17, 15) is 29.7 Å². The molecule has 18 nitrogen and oxygen atoms in total. The highest BCUT2D eigenvalue weighted by Gasteiger charge is 2.52. The van der Waals surface area contributed by atoms with E-state index in [1.165, 1.54) is 20.3 Å². The Morgan fingerprint density at radius 1 is 0.836 bits per heavy atom. The maximum absolute atomic E-state index is 13.7. The topological polar surface area (TPSA) is 217 Å². The predicted octanol–water partition coefficient (Wildman–Crippen LogP) is 5.14. The monoisotopic (exact) mass is 1030 g/mol. The SMILES string of the molecule is CCC1OC(C)CC(C)CC(OC2OC(C)C(OC3CC(C)(O)C(OC(=O)Cc4ccc(OC)cc4)C(C)O3)C(N(C)C)C2O)C(CC=O)CC(C)C(=O)/C=C/C=C/C1COC1OC(C)C(O)C(OC)C1OC. The number of nitrogens with zero attached hydrogens (tertiary/aromatic N) is 1. The summed E-state index contributed by atoms with van der Waals surface area (Å²) < 4.78 is 67.7. The molecule has 4 aliphatic heterocycles. The van der Waals surface area contributed by atoms with Crippen LogP contribution in [0.4, 0.5) is 0 Å². The van der Waals surface area contributed by atoms with Crippen molar-refractivity contribution in [2.45, 2.75) is 204 Å². The van der Waals surface area contributed by atoms with Crippen molar-refractivity contribution in [3.8, 4) is 5.75 Å². The van der Waals surface area contributed by atoms with Crippen molar-refractivity contribution < 1.29 is 81.8 Å². The van der Waals surface area contributed by atoms with Gasteiger partial charge in [-0.15, -0.1) is 0 Å². The van der Waals surface area contributed by atoms with Gasteiger partial charge in [0.2, 0.25) is 0 Å². The van der Waals surface area contributed by atoms with Crippen LogP contribution in [0.2, 0.25) is 0 Å². The van der Waals surface area contributed by atoms with Gasteiger partial charge in [-0.2, -0.15) is 0 Å². The Kier molecular flexibility index (Phi) is 23.5. The summed E-state index contributed by atoms with van der Waals surface area (Å²) in [5.74, 6) is -1.10. The second-order valence-electron chi connectivity index (χ2n) is 21.2. The minimum absolute atomic E-state index is 0.00421. The highest BCUT2D eigenvalue weighted by molar-refractivity contribution is 5.91. The van der Waals surface area contributed by atoms with Crippen LogP contribution >= 0.6 is 0 Å². The van der Waals surface area contributed by atoms with E-state index in [1.54, 1.807) is 58.2 Å². The Morgan fingerprint density at radius 2 is 1.52 bits per heavy atom. The zero-order valence-corrected chi connectivity index (χ0v) is 45.4. The lowest BCUT2D eigenvalue weighted by Crippen LogP contribution is -2.65. The van der Waals surface area contributed by atoms with Gasteiger partial charge in [0.25, 0.3) is 0 Å². The first-order valence-corrected chi connectivity index (χ1v) is 26.1. The molecule has 21 atom stereocenters. The molecule has 0 aromatic heterocycles. The maximum atomic E-state index is 13.7. The molecule has 1 aromatic carbocycles. The van der Waals surface area contributed by atoms with Crippen molar-refractivity contribution in [1.29, 1.82) is 0 Å². The van der Waals surface area contributed by atoms with Crippen molar-refractivity contribution >= 4 is 18.0 Å². The molecule has 0 saturated carbocycles. The van der Waals surface area contributed by atoms with Gasteiger partial charge in [-0.1, -0.05) is 51.1 Å². The maximum Gasteiger partial charge on any atom is 0.310 e. The molecule has 4 heterocycles. The third-order valence-electron chi connectivity index (χ3n) is 15.0. The molecule has 3 saturated heterocycles. The fourth-order valence-electron chi connectivity index (χ4n) is 11.0. The minimum atomic E-state index is -1.53. The Bertz CT molecular complexity index is 1910. The fraction of sp³-hybridized carbons (Fsp3) is 0.764. The van der Waals surface area contributed by atoms with Gasteiger partial charge in [0.15, 0.2) is 30.8 Å². The van der Waals surface area contributed by atoms with Gasteiger partial charge in [0.05, 0.1) is 62.8 Å². The van der Waals surface area contributed by atoms with Crippen LogP contribution in [0, 0.1) is 23.7 Å². The molecule has 0 spiro atoms. The van der Waals surface area contributed by atoms with Crippen LogP contribution in [0.15, 0.2) is 48.6 Å². The lowest BCUT2D eigenvalue weighted by atomic mass is 9.82. The molecule has 21 unspecified atom stereocenters. The number of rotatable bonds is 17. The molecule has 0 aliphatic carbocycles. The molecule has 0 amide bonds. The van der Waals surface area contributed by atoms with Crippen molar-refractivity contribution in [1.82, 2.24) is 4.90 Å². The number of ketones is 1. The molecule has 4 aliphatic rings. The first-order chi connectivity index (χ1) is 34.6. The average molecular weight is 1030 g/mol. The normalized spacial score (nSPS) is 41.2. The number of ether oxygens (including phenoxy) is 11. The second-order valence-corrected chi connectivity index (χ2v) is 21.2. The first kappa shape index (κ1) is 60.7. The van der Waals surface area contributed by atoms with Gasteiger partial charge >= 0.3 is 5.97 Å². The van der Waals surface area contributed by atoms with Crippen LogP contribution in [-0.2, 0) is 68.2 Å². The lowest BCUT2D eigenvalue weighted by Gasteiger charge is -2.50. The zero-order chi connectivity index (χ0) is 53.7. The molecule has 3 fully saturated rings. The number of carbonyl (C=O) groups is 3. The molecule has 0 bridgehead atoms. The molecule has 5 rings (SSSR count). The minimum Gasteiger partial charge on any atom is -0.497 e. The number of methoxy groups -OCH3 is 3. The Balaban J connectivity index is 1.29. The summed E-state index contributed by atoms with van der Waals surface area (Å²) in [4.78, 5) is 41.0. The number of carbonyl (C=O) groups excluding carboxylic acids is 3. The molecular weight excluding hydrogens is 947 g/mol. The molecular formula is C55H87NO17. The van der Waals surface area contributed by atoms with E-state index in [1.807, 2.05) is 58.8 Å². The van der Waals surface area contributed by atoms with E-state index < -0.39 is 109 Å². The van der Waals surface area contributed by atoms with Gasteiger partial charge in [-0.3, -0.25) is 9.59 Å². The summed E-state index contributed by atoms with van der Waals surface area (Å²) in [5, 5.41) is 34.6. The van der Waals surface area contributed by atoms with Gasteiger partial charge in [0.1, 0.15) is 48.2 Å². The van der Waals surface area contributed by atoms with Gasteiger partial charge in [0, 0.05) is 38.9 Å². The summed E-state index contributed by atoms with van der Waals surface area (Å²) >= 11 is 0. The molecule has 1 aromatic rings. The third kappa shape index (κ3) is 16.4. The van der Waals surface area contributed by atoms with E-state index in [2.05, 4.69) is 6.92 Å². The Labute approximate surface area is 433 Å². The first-order valence-electron chi connectivity index (χ1n) is 26.1. The summed E-state index contributed by atoms with van der Waals surface area (Å²) in [5.41, 5.74) is -0.796. The predicted molar refractivity (Wildman–Crippen MR) is 269 cm³/mol. The quantitative estimate of drug-likeness (QED) is 0.136.